The Kier molecular flexibility index (Phi) is 5.36. The van der Waals surface area contributed by atoms with Gasteiger partial charge in [-0.05, 0) is 12.1 Å². The second-order valence-electron chi connectivity index (χ2n) is 3.57. The molecule has 94 valence electrons. The van der Waals surface area contributed by atoms with E-state index in [1.54, 1.807) is 24.3 Å². The summed E-state index contributed by atoms with van der Waals surface area (Å²) in [6.45, 7) is -0.0799. The zero-order valence-corrected chi connectivity index (χ0v) is 10.4. The Bertz CT molecular complexity index is 479. The molecule has 0 spiro atoms. The number of hydrogen-bond acceptors (Lipinski definition) is 5. The van der Waals surface area contributed by atoms with Gasteiger partial charge in [0.05, 0.1) is 18.2 Å². The van der Waals surface area contributed by atoms with Crippen LogP contribution in [0.4, 0.5) is 0 Å². The largest absolute Gasteiger partial charge is 0.480 e. The summed E-state index contributed by atoms with van der Waals surface area (Å²) < 4.78 is 0. The number of rotatable bonds is 6. The average molecular weight is 264 g/mol. The molecule has 2 N–H and O–H groups in total. The second kappa shape index (κ2) is 6.79. The van der Waals surface area contributed by atoms with Gasteiger partial charge in [0, 0.05) is 11.3 Å². The fraction of sp³-hybridized carbons (Fsp3) is 0.250. The van der Waals surface area contributed by atoms with Crippen LogP contribution in [0.25, 0.3) is 0 Å². The number of thiol groups is 1. The Labute approximate surface area is 110 Å². The van der Waals surface area contributed by atoms with Crippen LogP contribution in [0, 0.1) is 11.3 Å². The molecule has 0 fully saturated rings. The zero-order chi connectivity index (χ0) is 13.5. The number of aliphatic carboxylic acids is 1. The fourth-order valence-corrected chi connectivity index (χ4v) is 1.56. The third-order valence-electron chi connectivity index (χ3n) is 2.33. The number of ketones is 1. The van der Waals surface area contributed by atoms with E-state index in [1.807, 2.05) is 6.07 Å². The highest BCUT2D eigenvalue weighted by molar-refractivity contribution is 7.80. The van der Waals surface area contributed by atoms with Crippen molar-refractivity contribution >= 4 is 24.4 Å². The number of carbonyl (C=O) groups excluding carboxylic acids is 1. The molecule has 0 radical (unpaired) electrons. The highest BCUT2D eigenvalue weighted by Gasteiger charge is 2.16. The molecule has 1 rings (SSSR count). The van der Waals surface area contributed by atoms with Crippen molar-refractivity contribution < 1.29 is 14.7 Å². The minimum absolute atomic E-state index is 0.0799. The summed E-state index contributed by atoms with van der Waals surface area (Å²) in [6.07, 6.45) is 0. The van der Waals surface area contributed by atoms with Crippen LogP contribution in [-0.2, 0) is 4.79 Å². The topological polar surface area (TPSA) is 90.2 Å². The molecule has 18 heavy (non-hydrogen) atoms. The van der Waals surface area contributed by atoms with Gasteiger partial charge in [0.25, 0.3) is 0 Å². The molecule has 0 saturated heterocycles. The maximum Gasteiger partial charge on any atom is 0.321 e. The lowest BCUT2D eigenvalue weighted by molar-refractivity contribution is -0.138. The Morgan fingerprint density at radius 1 is 1.39 bits per heavy atom. The number of nitrogens with one attached hydrogen (secondary N) is 1. The Morgan fingerprint density at radius 2 is 2.00 bits per heavy atom. The lowest BCUT2D eigenvalue weighted by Crippen LogP contribution is -2.41. The predicted molar refractivity (Wildman–Crippen MR) is 68.8 cm³/mol. The van der Waals surface area contributed by atoms with Gasteiger partial charge in [-0.15, -0.1) is 0 Å². The van der Waals surface area contributed by atoms with Gasteiger partial charge in [0.15, 0.2) is 5.78 Å². The van der Waals surface area contributed by atoms with Crippen molar-refractivity contribution in [2.24, 2.45) is 0 Å². The number of benzene rings is 1. The summed E-state index contributed by atoms with van der Waals surface area (Å²) in [4.78, 5) is 22.4. The normalized spacial score (nSPS) is 11.6. The van der Waals surface area contributed by atoms with E-state index in [2.05, 4.69) is 17.9 Å². The quantitative estimate of drug-likeness (QED) is 0.520. The van der Waals surface area contributed by atoms with E-state index in [1.165, 1.54) is 0 Å². The Morgan fingerprint density at radius 3 is 2.44 bits per heavy atom. The molecule has 1 atom stereocenters. The van der Waals surface area contributed by atoms with Crippen molar-refractivity contribution in [1.82, 2.24) is 5.32 Å². The molecule has 0 aromatic heterocycles. The molecule has 1 unspecified atom stereocenters. The van der Waals surface area contributed by atoms with Gasteiger partial charge in [-0.1, -0.05) is 12.1 Å². The van der Waals surface area contributed by atoms with Crippen molar-refractivity contribution in [1.29, 1.82) is 5.26 Å². The maximum absolute atomic E-state index is 11.7. The molecule has 1 aromatic carbocycles. The van der Waals surface area contributed by atoms with E-state index in [0.717, 1.165) is 0 Å². The molecule has 0 saturated carbocycles. The van der Waals surface area contributed by atoms with Crippen LogP contribution in [-0.4, -0.2) is 35.2 Å². The van der Waals surface area contributed by atoms with E-state index in [4.69, 9.17) is 10.4 Å². The molecular weight excluding hydrogens is 252 g/mol. The summed E-state index contributed by atoms with van der Waals surface area (Å²) >= 11 is 3.88. The van der Waals surface area contributed by atoms with E-state index < -0.39 is 12.0 Å². The number of nitrogens with zero attached hydrogens (tertiary/aromatic N) is 1. The zero-order valence-electron chi connectivity index (χ0n) is 9.46. The highest BCUT2D eigenvalue weighted by Crippen LogP contribution is 2.04. The van der Waals surface area contributed by atoms with Crippen molar-refractivity contribution in [3.05, 3.63) is 35.4 Å². The first kappa shape index (κ1) is 14.2. The predicted octanol–water partition coefficient (Wildman–Crippen LogP) is 0.714. The minimum Gasteiger partial charge on any atom is -0.480 e. The average Bonchev–Trinajstić information content (AvgIpc) is 2.39. The minimum atomic E-state index is -1.04. The lowest BCUT2D eigenvalue weighted by atomic mass is 10.1. The van der Waals surface area contributed by atoms with Gasteiger partial charge in [0.2, 0.25) is 0 Å². The van der Waals surface area contributed by atoms with Crippen LogP contribution >= 0.6 is 12.6 Å². The highest BCUT2D eigenvalue weighted by atomic mass is 32.1. The standard InChI is InChI=1S/C12H12N2O3S/c13-5-8-1-3-9(4-2-8)11(15)6-14-10(7-18)12(16)17/h1-4,10,14,18H,6-7H2,(H,16,17). The molecule has 0 aliphatic carbocycles. The lowest BCUT2D eigenvalue weighted by Gasteiger charge is -2.10. The van der Waals surface area contributed by atoms with E-state index in [-0.39, 0.29) is 18.1 Å². The summed E-state index contributed by atoms with van der Waals surface area (Å²) in [5.41, 5.74) is 0.906. The number of carboxylic acid groups (broad SMARTS) is 1. The molecule has 1 aromatic rings. The molecule has 0 amide bonds. The van der Waals surface area contributed by atoms with Crippen LogP contribution in [0.5, 0.6) is 0 Å². The van der Waals surface area contributed by atoms with E-state index in [9.17, 15) is 9.59 Å². The number of Topliss-reactive ketones (excluding diaryl/α,β-unsaturated/α-hetero) is 1. The number of carbonyl (C=O) groups is 2. The van der Waals surface area contributed by atoms with Crippen molar-refractivity contribution in [2.45, 2.75) is 6.04 Å². The SMILES string of the molecule is N#Cc1ccc(C(=O)CNC(CS)C(=O)O)cc1. The second-order valence-corrected chi connectivity index (χ2v) is 3.93. The van der Waals surface area contributed by atoms with Crippen molar-refractivity contribution in [2.75, 3.05) is 12.3 Å². The number of carboxylic acids is 1. The van der Waals surface area contributed by atoms with Crippen LogP contribution in [0.1, 0.15) is 15.9 Å². The first-order valence-corrected chi connectivity index (χ1v) is 5.82. The third-order valence-corrected chi connectivity index (χ3v) is 2.69. The summed E-state index contributed by atoms with van der Waals surface area (Å²) in [5.74, 6) is -1.17. The van der Waals surface area contributed by atoms with Crippen LogP contribution in [0.3, 0.4) is 0 Å². The Hall–Kier alpha value is -1.84. The van der Waals surface area contributed by atoms with Gasteiger partial charge in [-0.25, -0.2) is 0 Å². The number of hydrogen-bond donors (Lipinski definition) is 3. The van der Waals surface area contributed by atoms with Crippen LogP contribution in [0.15, 0.2) is 24.3 Å². The van der Waals surface area contributed by atoms with E-state index >= 15 is 0 Å². The molecule has 5 nitrogen and oxygen atoms in total. The Balaban J connectivity index is 2.60. The summed E-state index contributed by atoms with van der Waals surface area (Å²) in [5, 5.41) is 20.0. The van der Waals surface area contributed by atoms with E-state index in [0.29, 0.717) is 11.1 Å². The van der Waals surface area contributed by atoms with Crippen LogP contribution in [0.2, 0.25) is 0 Å². The molecule has 0 bridgehead atoms. The number of nitriles is 1. The van der Waals surface area contributed by atoms with Crippen molar-refractivity contribution in [3.63, 3.8) is 0 Å². The first-order valence-electron chi connectivity index (χ1n) is 5.19. The summed E-state index contributed by atoms with van der Waals surface area (Å²) in [6, 6.07) is 7.27. The van der Waals surface area contributed by atoms with Gasteiger partial charge < -0.3 is 5.11 Å². The molecule has 0 aliphatic heterocycles. The maximum atomic E-state index is 11.7. The smallest absolute Gasteiger partial charge is 0.321 e. The first-order chi connectivity index (χ1) is 8.58. The fourth-order valence-electron chi connectivity index (χ4n) is 1.28. The molecule has 0 aliphatic rings. The van der Waals surface area contributed by atoms with Gasteiger partial charge in [0.1, 0.15) is 6.04 Å². The monoisotopic (exact) mass is 264 g/mol. The molecule has 0 heterocycles. The summed E-state index contributed by atoms with van der Waals surface area (Å²) in [7, 11) is 0. The van der Waals surface area contributed by atoms with Crippen LogP contribution < -0.4 is 5.32 Å². The van der Waals surface area contributed by atoms with Gasteiger partial charge in [-0.2, -0.15) is 17.9 Å². The molecular formula is C12H12N2O3S. The molecule has 6 heteroatoms. The van der Waals surface area contributed by atoms with Gasteiger partial charge >= 0.3 is 5.97 Å². The van der Waals surface area contributed by atoms with Crippen molar-refractivity contribution in [3.8, 4) is 6.07 Å². The third kappa shape index (κ3) is 3.87. The van der Waals surface area contributed by atoms with Gasteiger partial charge in [-0.3, -0.25) is 14.9 Å².